The molecule has 35 heavy (non-hydrogen) atoms. The van der Waals surface area contributed by atoms with E-state index < -0.39 is 30.6 Å². The second-order valence-corrected chi connectivity index (χ2v) is 7.48. The lowest BCUT2D eigenvalue weighted by molar-refractivity contribution is -0.139. The molecule has 2 N–H and O–H groups in total. The third kappa shape index (κ3) is 5.68. The second kappa shape index (κ2) is 10.9. The summed E-state index contributed by atoms with van der Waals surface area (Å²) in [6.07, 6.45) is 0. The molecule has 1 aliphatic rings. The number of nitrogens with one attached hydrogen (secondary N) is 1. The molecule has 2 amide bonds. The van der Waals surface area contributed by atoms with Crippen molar-refractivity contribution in [2.45, 2.75) is 33.0 Å². The van der Waals surface area contributed by atoms with Gasteiger partial charge in [0.1, 0.15) is 0 Å². The molecule has 1 heterocycles. The molecule has 0 aromatic heterocycles. The molecule has 1 aliphatic heterocycles. The zero-order valence-electron chi connectivity index (χ0n) is 19.2. The van der Waals surface area contributed by atoms with Gasteiger partial charge in [-0.05, 0) is 49.2 Å². The Kier molecular flexibility index (Phi) is 7.90. The van der Waals surface area contributed by atoms with E-state index in [1.54, 1.807) is 26.0 Å². The van der Waals surface area contributed by atoms with Crippen LogP contribution in [0.4, 0.5) is 13.6 Å². The van der Waals surface area contributed by atoms with Crippen LogP contribution >= 0.6 is 0 Å². The Balaban J connectivity index is 2.02. The van der Waals surface area contributed by atoms with Gasteiger partial charge in [-0.1, -0.05) is 18.2 Å². The molecular formula is C24H24F2N2O7. The number of methoxy groups -OCH3 is 1. The lowest BCUT2D eigenvalue weighted by atomic mass is 9.94. The van der Waals surface area contributed by atoms with Crippen LogP contribution in [0, 0.1) is 0 Å². The number of amides is 2. The average Bonchev–Trinajstić information content (AvgIpc) is 2.81. The molecule has 0 bridgehead atoms. The first-order chi connectivity index (χ1) is 16.7. The minimum Gasteiger partial charge on any atom is -0.493 e. The number of carbonyl (C=O) groups is 3. The molecule has 1 unspecified atom stereocenters. The van der Waals surface area contributed by atoms with Gasteiger partial charge in [0, 0.05) is 5.70 Å². The van der Waals surface area contributed by atoms with Crippen molar-refractivity contribution in [1.29, 1.82) is 0 Å². The summed E-state index contributed by atoms with van der Waals surface area (Å²) in [7, 11) is 1.30. The summed E-state index contributed by atoms with van der Waals surface area (Å²) in [5.41, 5.74) is 1.44. The number of urea groups is 1. The quantitative estimate of drug-likeness (QED) is 0.509. The molecule has 0 saturated carbocycles. The number of carboxylic acid groups (broad SMARTS) is 1. The third-order valence-corrected chi connectivity index (χ3v) is 5.37. The van der Waals surface area contributed by atoms with E-state index >= 15 is 0 Å². The van der Waals surface area contributed by atoms with Crippen LogP contribution in [0.25, 0.3) is 0 Å². The van der Waals surface area contributed by atoms with E-state index in [0.29, 0.717) is 16.8 Å². The molecule has 186 valence electrons. The third-order valence-electron chi connectivity index (χ3n) is 5.37. The van der Waals surface area contributed by atoms with Crippen LogP contribution in [0.3, 0.4) is 0 Å². The number of hydrogen-bond donors (Lipinski definition) is 2. The summed E-state index contributed by atoms with van der Waals surface area (Å²) in [4.78, 5) is 38.3. The predicted molar refractivity (Wildman–Crippen MR) is 119 cm³/mol. The van der Waals surface area contributed by atoms with Gasteiger partial charge >= 0.3 is 24.6 Å². The van der Waals surface area contributed by atoms with Crippen molar-refractivity contribution in [2.24, 2.45) is 0 Å². The average molecular weight is 490 g/mol. The van der Waals surface area contributed by atoms with Crippen molar-refractivity contribution in [2.75, 3.05) is 13.7 Å². The summed E-state index contributed by atoms with van der Waals surface area (Å²) >= 11 is 0. The summed E-state index contributed by atoms with van der Waals surface area (Å²) in [5.74, 6) is -1.96. The Bertz CT molecular complexity index is 1150. The van der Waals surface area contributed by atoms with Gasteiger partial charge in [0.05, 0.1) is 37.4 Å². The number of allylic oxidation sites excluding steroid dienone is 1. The van der Waals surface area contributed by atoms with Crippen molar-refractivity contribution in [3.05, 3.63) is 70.4 Å². The number of nitrogens with zero attached hydrogens (tertiary/aromatic N) is 1. The van der Waals surface area contributed by atoms with E-state index in [2.05, 4.69) is 10.1 Å². The van der Waals surface area contributed by atoms with E-state index in [1.165, 1.54) is 42.3 Å². The van der Waals surface area contributed by atoms with Crippen LogP contribution in [0.5, 0.6) is 11.5 Å². The van der Waals surface area contributed by atoms with Crippen molar-refractivity contribution in [3.63, 3.8) is 0 Å². The first-order valence-electron chi connectivity index (χ1n) is 10.6. The maximum absolute atomic E-state index is 13.0. The summed E-state index contributed by atoms with van der Waals surface area (Å²) in [6.45, 7) is 0.229. The molecule has 0 fully saturated rings. The van der Waals surface area contributed by atoms with E-state index in [4.69, 9.17) is 14.6 Å². The van der Waals surface area contributed by atoms with Gasteiger partial charge in [0.25, 0.3) is 0 Å². The SMILES string of the molecule is CCOC(=O)C1=C(C)N(Cc2ccc(C(=O)O)cc2)C(=O)NC1c1ccc(OC)c(OC(F)F)c1. The second-order valence-electron chi connectivity index (χ2n) is 7.48. The van der Waals surface area contributed by atoms with Crippen molar-refractivity contribution in [3.8, 4) is 11.5 Å². The van der Waals surface area contributed by atoms with Crippen LogP contribution in [0.2, 0.25) is 0 Å². The fourth-order valence-corrected chi connectivity index (χ4v) is 3.69. The number of alkyl halides is 2. The number of halogens is 2. The minimum absolute atomic E-state index is 0.0511. The van der Waals surface area contributed by atoms with Gasteiger partial charge < -0.3 is 24.6 Å². The number of ether oxygens (including phenoxy) is 3. The molecule has 0 aliphatic carbocycles. The molecular weight excluding hydrogens is 466 g/mol. The van der Waals surface area contributed by atoms with Crippen LogP contribution in [-0.4, -0.2) is 48.3 Å². The number of hydrogen-bond acceptors (Lipinski definition) is 6. The lowest BCUT2D eigenvalue weighted by Crippen LogP contribution is -2.47. The van der Waals surface area contributed by atoms with E-state index in [0.717, 1.165) is 0 Å². The number of aromatic carboxylic acids is 1. The fourth-order valence-electron chi connectivity index (χ4n) is 3.69. The first kappa shape index (κ1) is 25.5. The number of carboxylic acids is 1. The lowest BCUT2D eigenvalue weighted by Gasteiger charge is -2.35. The van der Waals surface area contributed by atoms with Gasteiger partial charge in [-0.2, -0.15) is 8.78 Å². The maximum Gasteiger partial charge on any atom is 0.387 e. The molecule has 2 aromatic rings. The Hall–Kier alpha value is -4.15. The molecule has 0 saturated heterocycles. The van der Waals surface area contributed by atoms with Crippen molar-refractivity contribution >= 4 is 18.0 Å². The topological polar surface area (TPSA) is 114 Å². The molecule has 0 spiro atoms. The van der Waals surface area contributed by atoms with Gasteiger partial charge in [-0.25, -0.2) is 14.4 Å². The summed E-state index contributed by atoms with van der Waals surface area (Å²) in [5, 5.41) is 11.8. The van der Waals surface area contributed by atoms with E-state index in [9.17, 15) is 23.2 Å². The normalized spacial score (nSPS) is 15.7. The predicted octanol–water partition coefficient (Wildman–Crippen LogP) is 4.10. The van der Waals surface area contributed by atoms with E-state index in [-0.39, 0.29) is 35.8 Å². The van der Waals surface area contributed by atoms with Gasteiger partial charge in [0.2, 0.25) is 0 Å². The summed E-state index contributed by atoms with van der Waals surface area (Å²) in [6, 6.07) is 8.60. The highest BCUT2D eigenvalue weighted by atomic mass is 19.3. The molecule has 9 nitrogen and oxygen atoms in total. The molecule has 3 rings (SSSR count). The smallest absolute Gasteiger partial charge is 0.387 e. The largest absolute Gasteiger partial charge is 0.493 e. The van der Waals surface area contributed by atoms with Gasteiger partial charge in [0.15, 0.2) is 11.5 Å². The van der Waals surface area contributed by atoms with Crippen LogP contribution < -0.4 is 14.8 Å². The molecule has 2 aromatic carbocycles. The van der Waals surface area contributed by atoms with Gasteiger partial charge in [-0.15, -0.1) is 0 Å². The highest BCUT2D eigenvalue weighted by molar-refractivity contribution is 5.95. The van der Waals surface area contributed by atoms with Crippen molar-refractivity contribution in [1.82, 2.24) is 10.2 Å². The number of rotatable bonds is 9. The Labute approximate surface area is 199 Å². The minimum atomic E-state index is -3.11. The van der Waals surface area contributed by atoms with Crippen LogP contribution in [0.15, 0.2) is 53.7 Å². The zero-order chi connectivity index (χ0) is 25.7. The number of esters is 1. The molecule has 0 radical (unpaired) electrons. The Morgan fingerprint density at radius 2 is 1.83 bits per heavy atom. The Morgan fingerprint density at radius 3 is 2.40 bits per heavy atom. The maximum atomic E-state index is 13.0. The molecule has 1 atom stereocenters. The van der Waals surface area contributed by atoms with Crippen molar-refractivity contribution < 1.29 is 42.5 Å². The monoisotopic (exact) mass is 490 g/mol. The zero-order valence-corrected chi connectivity index (χ0v) is 19.2. The fraction of sp³-hybridized carbons (Fsp3) is 0.292. The highest BCUT2D eigenvalue weighted by Crippen LogP contribution is 2.37. The van der Waals surface area contributed by atoms with E-state index in [1.807, 2.05) is 0 Å². The standard InChI is InChI=1S/C24H24F2N2O7/c1-4-34-22(31)19-13(2)28(12-14-5-7-15(8-6-14)21(29)30)24(32)27-20(19)16-9-10-17(33-3)18(11-16)35-23(25)26/h5-11,20,23H,4,12H2,1-3H3,(H,27,32)(H,29,30). The number of carbonyl (C=O) groups excluding carboxylic acids is 2. The van der Waals surface area contributed by atoms with Gasteiger partial charge in [-0.3, -0.25) is 4.90 Å². The highest BCUT2D eigenvalue weighted by Gasteiger charge is 2.37. The summed E-state index contributed by atoms with van der Waals surface area (Å²) < 4.78 is 40.6. The molecule has 11 heteroatoms. The van der Waals surface area contributed by atoms with Crippen LogP contribution in [-0.2, 0) is 16.1 Å². The van der Waals surface area contributed by atoms with Crippen LogP contribution in [0.1, 0.15) is 41.4 Å². The first-order valence-corrected chi connectivity index (χ1v) is 10.6. The number of benzene rings is 2. The Morgan fingerprint density at radius 1 is 1.14 bits per heavy atom.